The lowest BCUT2D eigenvalue weighted by Crippen LogP contribution is -2.43. The standard InChI is InChI=1S/C8H16N2O.2H2/c1-6(2)10-8(11)7-4-3-5-9-7;;/h6-7,9H,3-5H2,1-2H3,(H,10,11);2*1H/t7-;;/m0../s1. The zero-order chi connectivity index (χ0) is 8.27. The molecule has 3 heteroatoms. The number of nitrogens with one attached hydrogen (secondary N) is 2. The van der Waals surface area contributed by atoms with Crippen LogP contribution in [-0.4, -0.2) is 24.5 Å². The molecule has 1 amide bonds. The van der Waals surface area contributed by atoms with Crippen LogP contribution >= 0.6 is 0 Å². The molecule has 0 radical (unpaired) electrons. The highest BCUT2D eigenvalue weighted by Gasteiger charge is 2.21. The Morgan fingerprint density at radius 2 is 2.45 bits per heavy atom. The molecule has 0 saturated carbocycles. The van der Waals surface area contributed by atoms with Gasteiger partial charge in [-0.15, -0.1) is 0 Å². The third kappa shape index (κ3) is 2.50. The van der Waals surface area contributed by atoms with Crippen LogP contribution in [0.25, 0.3) is 0 Å². The Labute approximate surface area is 70.5 Å². The molecular formula is C8H20N2O. The van der Waals surface area contributed by atoms with E-state index in [9.17, 15) is 4.79 Å². The van der Waals surface area contributed by atoms with Crippen LogP contribution in [0.1, 0.15) is 29.5 Å². The first-order valence-corrected chi connectivity index (χ1v) is 4.24. The summed E-state index contributed by atoms with van der Waals surface area (Å²) in [5.41, 5.74) is 0. The zero-order valence-corrected chi connectivity index (χ0v) is 7.18. The van der Waals surface area contributed by atoms with Gasteiger partial charge in [-0.05, 0) is 33.2 Å². The lowest BCUT2D eigenvalue weighted by Gasteiger charge is -2.13. The summed E-state index contributed by atoms with van der Waals surface area (Å²) in [5, 5.41) is 6.03. The molecule has 1 atom stereocenters. The number of carbonyl (C=O) groups is 1. The molecule has 0 aromatic heterocycles. The molecule has 0 aromatic carbocycles. The van der Waals surface area contributed by atoms with Gasteiger partial charge in [0.1, 0.15) is 0 Å². The van der Waals surface area contributed by atoms with E-state index in [4.69, 9.17) is 0 Å². The Hall–Kier alpha value is -0.570. The van der Waals surface area contributed by atoms with Gasteiger partial charge < -0.3 is 10.6 Å². The monoisotopic (exact) mass is 160 g/mol. The average molecular weight is 160 g/mol. The van der Waals surface area contributed by atoms with Crippen molar-refractivity contribution in [2.45, 2.75) is 38.8 Å². The van der Waals surface area contributed by atoms with Crippen LogP contribution in [0, 0.1) is 0 Å². The van der Waals surface area contributed by atoms with E-state index in [-0.39, 0.29) is 20.8 Å². The minimum atomic E-state index is 0. The Morgan fingerprint density at radius 1 is 1.73 bits per heavy atom. The van der Waals surface area contributed by atoms with Gasteiger partial charge in [0.2, 0.25) is 5.91 Å². The van der Waals surface area contributed by atoms with Crippen LogP contribution in [-0.2, 0) is 4.79 Å². The molecule has 0 bridgehead atoms. The molecule has 0 unspecified atom stereocenters. The summed E-state index contributed by atoms with van der Waals surface area (Å²) in [6, 6.07) is 0.322. The van der Waals surface area contributed by atoms with Crippen LogP contribution in [0.4, 0.5) is 0 Å². The molecule has 68 valence electrons. The van der Waals surface area contributed by atoms with E-state index >= 15 is 0 Å². The molecule has 0 aliphatic carbocycles. The fraction of sp³-hybridized carbons (Fsp3) is 0.875. The fourth-order valence-electron chi connectivity index (χ4n) is 1.29. The molecule has 0 spiro atoms. The molecule has 1 rings (SSSR count). The van der Waals surface area contributed by atoms with Gasteiger partial charge in [-0.1, -0.05) is 0 Å². The third-order valence-electron chi connectivity index (χ3n) is 1.81. The highest BCUT2D eigenvalue weighted by molar-refractivity contribution is 5.82. The molecule has 1 fully saturated rings. The molecular weight excluding hydrogens is 140 g/mol. The van der Waals surface area contributed by atoms with Gasteiger partial charge in [0, 0.05) is 8.90 Å². The predicted molar refractivity (Wildman–Crippen MR) is 48.5 cm³/mol. The minimum Gasteiger partial charge on any atom is -0.353 e. The van der Waals surface area contributed by atoms with E-state index in [2.05, 4.69) is 10.6 Å². The van der Waals surface area contributed by atoms with E-state index in [1.807, 2.05) is 13.8 Å². The van der Waals surface area contributed by atoms with Crippen molar-refractivity contribution in [1.29, 1.82) is 0 Å². The summed E-state index contributed by atoms with van der Waals surface area (Å²) >= 11 is 0. The van der Waals surface area contributed by atoms with E-state index in [1.165, 1.54) is 0 Å². The molecule has 3 nitrogen and oxygen atoms in total. The molecule has 0 aromatic rings. The van der Waals surface area contributed by atoms with Crippen LogP contribution in [0.3, 0.4) is 0 Å². The quantitative estimate of drug-likeness (QED) is 0.626. The summed E-state index contributed by atoms with van der Waals surface area (Å²) < 4.78 is 0. The second-order valence-electron chi connectivity index (χ2n) is 3.31. The summed E-state index contributed by atoms with van der Waals surface area (Å²) in [6.45, 7) is 4.94. The van der Waals surface area contributed by atoms with Crippen molar-refractivity contribution < 1.29 is 7.65 Å². The maximum atomic E-state index is 11.3. The summed E-state index contributed by atoms with van der Waals surface area (Å²) in [7, 11) is 0. The predicted octanol–water partition coefficient (Wildman–Crippen LogP) is 0.755. The SMILES string of the molecule is CC(C)NC(=O)[C@@H]1CCCN1.[HH].[HH]. The number of hydrogen-bond acceptors (Lipinski definition) is 2. The third-order valence-corrected chi connectivity index (χ3v) is 1.81. The Morgan fingerprint density at radius 3 is 2.91 bits per heavy atom. The first kappa shape index (κ1) is 8.53. The maximum Gasteiger partial charge on any atom is 0.237 e. The summed E-state index contributed by atoms with van der Waals surface area (Å²) in [5.74, 6) is 0.150. The van der Waals surface area contributed by atoms with E-state index < -0.39 is 0 Å². The van der Waals surface area contributed by atoms with Gasteiger partial charge in [-0.25, -0.2) is 0 Å². The second-order valence-corrected chi connectivity index (χ2v) is 3.31. The van der Waals surface area contributed by atoms with Crippen molar-refractivity contribution in [3.8, 4) is 0 Å². The Balaban J connectivity index is 0. The van der Waals surface area contributed by atoms with Crippen molar-refractivity contribution >= 4 is 5.91 Å². The van der Waals surface area contributed by atoms with Gasteiger partial charge in [0.05, 0.1) is 6.04 Å². The summed E-state index contributed by atoms with van der Waals surface area (Å²) in [4.78, 5) is 11.3. The largest absolute Gasteiger partial charge is 0.353 e. The van der Waals surface area contributed by atoms with Crippen molar-refractivity contribution in [2.24, 2.45) is 0 Å². The van der Waals surface area contributed by atoms with E-state index in [0.717, 1.165) is 19.4 Å². The van der Waals surface area contributed by atoms with Crippen molar-refractivity contribution in [3.05, 3.63) is 0 Å². The zero-order valence-electron chi connectivity index (χ0n) is 7.18. The Kier molecular flexibility index (Phi) is 2.88. The topological polar surface area (TPSA) is 41.1 Å². The molecule has 1 aliphatic heterocycles. The van der Waals surface area contributed by atoms with Gasteiger partial charge in [0.25, 0.3) is 0 Å². The second kappa shape index (κ2) is 3.72. The van der Waals surface area contributed by atoms with Gasteiger partial charge in [0.15, 0.2) is 0 Å². The normalized spacial score (nSPS) is 24.1. The fourth-order valence-corrected chi connectivity index (χ4v) is 1.29. The first-order chi connectivity index (χ1) is 5.20. The summed E-state index contributed by atoms with van der Waals surface area (Å²) in [6.07, 6.45) is 2.11. The van der Waals surface area contributed by atoms with Gasteiger partial charge in [-0.3, -0.25) is 4.79 Å². The minimum absolute atomic E-state index is 0. The number of amides is 1. The smallest absolute Gasteiger partial charge is 0.237 e. The maximum absolute atomic E-state index is 11.3. The van der Waals surface area contributed by atoms with Gasteiger partial charge in [-0.2, -0.15) is 0 Å². The van der Waals surface area contributed by atoms with Crippen LogP contribution in [0.15, 0.2) is 0 Å². The van der Waals surface area contributed by atoms with E-state index in [1.54, 1.807) is 0 Å². The molecule has 2 N–H and O–H groups in total. The van der Waals surface area contributed by atoms with Crippen LogP contribution in [0.5, 0.6) is 0 Å². The highest BCUT2D eigenvalue weighted by Crippen LogP contribution is 2.04. The number of carbonyl (C=O) groups excluding carboxylic acids is 1. The average Bonchev–Trinajstić information content (AvgIpc) is 2.35. The molecule has 11 heavy (non-hydrogen) atoms. The van der Waals surface area contributed by atoms with Crippen molar-refractivity contribution in [3.63, 3.8) is 0 Å². The molecule has 1 heterocycles. The van der Waals surface area contributed by atoms with Crippen molar-refractivity contribution in [1.82, 2.24) is 10.6 Å². The molecule has 1 saturated heterocycles. The van der Waals surface area contributed by atoms with Gasteiger partial charge >= 0.3 is 0 Å². The lowest BCUT2D eigenvalue weighted by atomic mass is 10.2. The van der Waals surface area contributed by atoms with E-state index in [0.29, 0.717) is 0 Å². The van der Waals surface area contributed by atoms with Crippen LogP contribution < -0.4 is 10.6 Å². The molecule has 1 aliphatic rings. The van der Waals surface area contributed by atoms with Crippen LogP contribution in [0.2, 0.25) is 0 Å². The van der Waals surface area contributed by atoms with Crippen molar-refractivity contribution in [2.75, 3.05) is 6.54 Å². The lowest BCUT2D eigenvalue weighted by molar-refractivity contribution is -0.123. The number of hydrogen-bond donors (Lipinski definition) is 2. The highest BCUT2D eigenvalue weighted by atomic mass is 16.2. The Bertz CT molecular complexity index is 147. The first-order valence-electron chi connectivity index (χ1n) is 4.24. The number of rotatable bonds is 2.